The van der Waals surface area contributed by atoms with Gasteiger partial charge in [-0.2, -0.15) is 0 Å². The van der Waals surface area contributed by atoms with Crippen LogP contribution in [0.25, 0.3) is 0 Å². The lowest BCUT2D eigenvalue weighted by atomic mass is 10.1. The van der Waals surface area contributed by atoms with Crippen molar-refractivity contribution < 1.29 is 24.2 Å². The third-order valence-corrected chi connectivity index (χ3v) is 4.32. The molecule has 148 valence electrons. The van der Waals surface area contributed by atoms with Crippen molar-refractivity contribution in [3.8, 4) is 17.2 Å². The molecule has 0 bridgehead atoms. The molecule has 1 saturated heterocycles. The lowest BCUT2D eigenvalue weighted by Gasteiger charge is -2.18. The van der Waals surface area contributed by atoms with E-state index < -0.39 is 18.2 Å². The number of aliphatic hydroxyl groups excluding tert-OH is 1. The second kappa shape index (κ2) is 9.23. The Balaban J connectivity index is 1.47. The average Bonchev–Trinajstić information content (AvgIpc) is 2.96. The molecule has 7 heteroatoms. The number of rotatable bonds is 9. The van der Waals surface area contributed by atoms with E-state index in [-0.39, 0.29) is 19.1 Å². The number of urea groups is 1. The van der Waals surface area contributed by atoms with E-state index in [9.17, 15) is 14.7 Å². The van der Waals surface area contributed by atoms with Crippen molar-refractivity contribution in [3.63, 3.8) is 0 Å². The summed E-state index contributed by atoms with van der Waals surface area (Å²) in [5.41, 5.74) is 0. The number of para-hydroxylation sites is 1. The first-order chi connectivity index (χ1) is 13.6. The van der Waals surface area contributed by atoms with Crippen molar-refractivity contribution >= 4 is 11.9 Å². The van der Waals surface area contributed by atoms with Gasteiger partial charge in [-0.15, -0.1) is 0 Å². The van der Waals surface area contributed by atoms with Crippen LogP contribution in [-0.2, 0) is 4.79 Å². The zero-order chi connectivity index (χ0) is 19.9. The van der Waals surface area contributed by atoms with Crippen LogP contribution in [0.3, 0.4) is 0 Å². The minimum absolute atomic E-state index is 0.0333. The number of carbonyl (C=O) groups excluding carboxylic acids is 2. The molecule has 0 aromatic heterocycles. The van der Waals surface area contributed by atoms with E-state index in [1.165, 1.54) is 0 Å². The normalized spacial score (nSPS) is 17.4. The summed E-state index contributed by atoms with van der Waals surface area (Å²) in [4.78, 5) is 25.1. The number of aliphatic hydroxyl groups is 1. The van der Waals surface area contributed by atoms with Gasteiger partial charge < -0.3 is 19.9 Å². The number of hydrogen-bond acceptors (Lipinski definition) is 5. The predicted molar refractivity (Wildman–Crippen MR) is 103 cm³/mol. The van der Waals surface area contributed by atoms with Crippen LogP contribution < -0.4 is 14.8 Å². The highest BCUT2D eigenvalue weighted by Crippen LogP contribution is 2.23. The number of nitrogens with one attached hydrogen (secondary N) is 1. The Morgan fingerprint density at radius 3 is 2.36 bits per heavy atom. The van der Waals surface area contributed by atoms with Crippen molar-refractivity contribution in [2.45, 2.75) is 31.9 Å². The molecule has 2 unspecified atom stereocenters. The molecule has 0 spiro atoms. The average molecular weight is 384 g/mol. The van der Waals surface area contributed by atoms with Crippen LogP contribution in [0, 0.1) is 0 Å². The molecule has 0 radical (unpaired) electrons. The maximum absolute atomic E-state index is 12.2. The zero-order valence-electron chi connectivity index (χ0n) is 15.7. The summed E-state index contributed by atoms with van der Waals surface area (Å²) >= 11 is 0. The smallest absolute Gasteiger partial charge is 0.324 e. The Hall–Kier alpha value is -3.06. The number of ether oxygens (including phenoxy) is 2. The fraction of sp³-hybridized carbons (Fsp3) is 0.333. The molecule has 1 aliphatic rings. The molecule has 2 aromatic rings. The van der Waals surface area contributed by atoms with Crippen molar-refractivity contribution in [2.75, 3.05) is 13.2 Å². The van der Waals surface area contributed by atoms with E-state index in [2.05, 4.69) is 5.32 Å². The van der Waals surface area contributed by atoms with E-state index in [4.69, 9.17) is 9.47 Å². The molecule has 1 aliphatic heterocycles. The summed E-state index contributed by atoms with van der Waals surface area (Å²) < 4.78 is 11.3. The minimum atomic E-state index is -0.977. The topological polar surface area (TPSA) is 88.1 Å². The zero-order valence-corrected chi connectivity index (χ0v) is 15.7. The molecule has 28 heavy (non-hydrogen) atoms. The molecule has 1 fully saturated rings. The van der Waals surface area contributed by atoms with Crippen LogP contribution >= 0.6 is 0 Å². The molecular weight excluding hydrogens is 360 g/mol. The number of carbonyl (C=O) groups is 2. The first-order valence-corrected chi connectivity index (χ1v) is 9.32. The van der Waals surface area contributed by atoms with Gasteiger partial charge in [0, 0.05) is 0 Å². The summed E-state index contributed by atoms with van der Waals surface area (Å²) in [5, 5.41) is 12.8. The van der Waals surface area contributed by atoms with Crippen molar-refractivity contribution in [3.05, 3.63) is 54.6 Å². The van der Waals surface area contributed by atoms with Gasteiger partial charge in [0.1, 0.15) is 36.0 Å². The summed E-state index contributed by atoms with van der Waals surface area (Å²) in [6.07, 6.45) is 0.404. The molecule has 3 amide bonds. The van der Waals surface area contributed by atoms with Gasteiger partial charge in [0.05, 0.1) is 6.54 Å². The van der Waals surface area contributed by atoms with Crippen LogP contribution in [0.2, 0.25) is 0 Å². The number of amides is 3. The van der Waals surface area contributed by atoms with Crippen LogP contribution in [0.4, 0.5) is 4.79 Å². The summed E-state index contributed by atoms with van der Waals surface area (Å²) in [5.74, 6) is 1.66. The molecule has 2 atom stereocenters. The van der Waals surface area contributed by atoms with E-state index in [0.29, 0.717) is 17.9 Å². The number of imide groups is 1. The Morgan fingerprint density at radius 2 is 1.68 bits per heavy atom. The highest BCUT2D eigenvalue weighted by atomic mass is 16.5. The van der Waals surface area contributed by atoms with E-state index >= 15 is 0 Å². The van der Waals surface area contributed by atoms with Gasteiger partial charge >= 0.3 is 6.03 Å². The van der Waals surface area contributed by atoms with Crippen molar-refractivity contribution in [1.29, 1.82) is 0 Å². The minimum Gasteiger partial charge on any atom is -0.491 e. The first kappa shape index (κ1) is 19.7. The van der Waals surface area contributed by atoms with Crippen LogP contribution in [-0.4, -0.2) is 47.2 Å². The largest absolute Gasteiger partial charge is 0.491 e. The maximum atomic E-state index is 12.2. The van der Waals surface area contributed by atoms with Gasteiger partial charge in [-0.25, -0.2) is 4.79 Å². The lowest BCUT2D eigenvalue weighted by molar-refractivity contribution is -0.128. The van der Waals surface area contributed by atoms with Crippen LogP contribution in [0.5, 0.6) is 17.2 Å². The fourth-order valence-electron chi connectivity index (χ4n) is 2.92. The van der Waals surface area contributed by atoms with E-state index in [1.807, 2.05) is 37.3 Å². The summed E-state index contributed by atoms with van der Waals surface area (Å²) in [6, 6.07) is 15.5. The monoisotopic (exact) mass is 384 g/mol. The van der Waals surface area contributed by atoms with Gasteiger partial charge in [0.2, 0.25) is 0 Å². The number of benzene rings is 2. The highest BCUT2D eigenvalue weighted by Gasteiger charge is 2.38. The molecule has 0 saturated carbocycles. The molecule has 3 rings (SSSR count). The van der Waals surface area contributed by atoms with Crippen LogP contribution in [0.15, 0.2) is 54.6 Å². The van der Waals surface area contributed by atoms with E-state index in [0.717, 1.165) is 17.1 Å². The Kier molecular flexibility index (Phi) is 6.49. The number of β-amino-alcohol motifs (C(OH)–C–C–N with tert-alkyl or cyclic N) is 1. The molecule has 1 heterocycles. The second-order valence-electron chi connectivity index (χ2n) is 6.59. The predicted octanol–water partition coefficient (Wildman–Crippen LogP) is 2.94. The molecular formula is C21H24N2O5. The Morgan fingerprint density at radius 1 is 1.04 bits per heavy atom. The summed E-state index contributed by atoms with van der Waals surface area (Å²) in [6.45, 7) is 1.81. The maximum Gasteiger partial charge on any atom is 0.324 e. The van der Waals surface area contributed by atoms with Crippen molar-refractivity contribution in [1.82, 2.24) is 10.2 Å². The van der Waals surface area contributed by atoms with Gasteiger partial charge in [-0.3, -0.25) is 9.69 Å². The highest BCUT2D eigenvalue weighted by molar-refractivity contribution is 6.04. The van der Waals surface area contributed by atoms with Crippen LogP contribution in [0.1, 0.15) is 19.8 Å². The van der Waals surface area contributed by atoms with Gasteiger partial charge in [0.25, 0.3) is 5.91 Å². The Bertz CT molecular complexity index is 794. The molecule has 2 N–H and O–H groups in total. The van der Waals surface area contributed by atoms with E-state index in [1.54, 1.807) is 24.3 Å². The lowest BCUT2D eigenvalue weighted by Crippen LogP contribution is -2.40. The van der Waals surface area contributed by atoms with Crippen molar-refractivity contribution in [2.24, 2.45) is 0 Å². The standard InChI is InChI=1S/C21H24N2O5/c1-2-6-19-20(25)23(21(26)22-19)13-15(24)14-27-16-9-11-18(12-10-16)28-17-7-4-3-5-8-17/h3-5,7-12,15,19,24H,2,6,13-14H2,1H3,(H,22,26). The van der Waals surface area contributed by atoms with Gasteiger partial charge in [-0.05, 0) is 42.8 Å². The third-order valence-electron chi connectivity index (χ3n) is 4.32. The quantitative estimate of drug-likeness (QED) is 0.649. The SMILES string of the molecule is CCCC1NC(=O)N(CC(O)COc2ccc(Oc3ccccc3)cc2)C1=O. The Labute approximate surface area is 163 Å². The first-order valence-electron chi connectivity index (χ1n) is 9.32. The molecule has 7 nitrogen and oxygen atoms in total. The fourth-order valence-corrected chi connectivity index (χ4v) is 2.92. The summed E-state index contributed by atoms with van der Waals surface area (Å²) in [7, 11) is 0. The second-order valence-corrected chi connectivity index (χ2v) is 6.59. The number of nitrogens with zero attached hydrogens (tertiary/aromatic N) is 1. The third kappa shape index (κ3) is 5.01. The van der Waals surface area contributed by atoms with Gasteiger partial charge in [-0.1, -0.05) is 31.5 Å². The number of hydrogen-bond donors (Lipinski definition) is 2. The van der Waals surface area contributed by atoms with Gasteiger partial charge in [0.15, 0.2) is 0 Å². The molecule has 2 aromatic carbocycles. The molecule has 0 aliphatic carbocycles.